The summed E-state index contributed by atoms with van der Waals surface area (Å²) in [5, 5.41) is 5.72. The minimum absolute atomic E-state index is 0.219. The maximum absolute atomic E-state index is 12.3. The molecule has 2 atom stereocenters. The molecule has 5 heteroatoms. The molecule has 1 amide bonds. The van der Waals surface area contributed by atoms with E-state index in [1.807, 2.05) is 24.3 Å². The molecule has 4 rings (SSSR count). The fraction of sp³-hybridized carbons (Fsp3) is 0.250. The Labute approximate surface area is 131 Å². The fourth-order valence-electron chi connectivity index (χ4n) is 3.00. The maximum atomic E-state index is 12.3. The van der Waals surface area contributed by atoms with Crippen molar-refractivity contribution in [1.29, 1.82) is 0 Å². The Hall–Kier alpha value is -1.65. The first-order valence-corrected chi connectivity index (χ1v) is 8.14. The molecule has 2 aliphatic rings. The van der Waals surface area contributed by atoms with Crippen LogP contribution in [-0.2, 0) is 0 Å². The van der Waals surface area contributed by atoms with E-state index < -0.39 is 0 Å². The van der Waals surface area contributed by atoms with E-state index >= 15 is 0 Å². The molecule has 1 N–H and O–H groups in total. The van der Waals surface area contributed by atoms with Crippen LogP contribution in [0.2, 0.25) is 5.02 Å². The van der Waals surface area contributed by atoms with Gasteiger partial charge in [0.15, 0.2) is 0 Å². The van der Waals surface area contributed by atoms with E-state index in [4.69, 9.17) is 11.6 Å². The summed E-state index contributed by atoms with van der Waals surface area (Å²) < 4.78 is 1.02. The third-order valence-electron chi connectivity index (χ3n) is 4.21. The van der Waals surface area contributed by atoms with Crippen LogP contribution in [0.15, 0.2) is 41.5 Å². The van der Waals surface area contributed by atoms with Crippen LogP contribution in [-0.4, -0.2) is 11.6 Å². The summed E-state index contributed by atoms with van der Waals surface area (Å²) in [5.74, 6) is 0.917. The number of hydrogen-bond acceptors (Lipinski definition) is 3. The Morgan fingerprint density at radius 1 is 1.38 bits per heavy atom. The van der Waals surface area contributed by atoms with Gasteiger partial charge in [-0.05, 0) is 24.8 Å². The number of amides is 1. The third-order valence-corrected chi connectivity index (χ3v) is 5.88. The molecule has 1 saturated carbocycles. The van der Waals surface area contributed by atoms with Crippen molar-refractivity contribution in [3.05, 3.63) is 46.3 Å². The van der Waals surface area contributed by atoms with E-state index in [0.29, 0.717) is 21.7 Å². The van der Waals surface area contributed by atoms with Crippen LogP contribution >= 0.6 is 22.9 Å². The van der Waals surface area contributed by atoms with E-state index in [-0.39, 0.29) is 5.91 Å². The molecule has 0 radical (unpaired) electrons. The van der Waals surface area contributed by atoms with Gasteiger partial charge in [0, 0.05) is 21.7 Å². The lowest BCUT2D eigenvalue weighted by molar-refractivity contribution is 0.0958. The van der Waals surface area contributed by atoms with Crippen molar-refractivity contribution in [2.24, 2.45) is 16.9 Å². The Bertz CT molecular complexity index is 793. The van der Waals surface area contributed by atoms with Crippen molar-refractivity contribution in [2.75, 3.05) is 0 Å². The zero-order valence-electron chi connectivity index (χ0n) is 11.2. The fourth-order valence-corrected chi connectivity index (χ4v) is 4.40. The smallest absolute Gasteiger partial charge is 0.266 e. The summed E-state index contributed by atoms with van der Waals surface area (Å²) >= 11 is 7.70. The number of rotatable bonds is 2. The second-order valence-corrected chi connectivity index (χ2v) is 6.85. The van der Waals surface area contributed by atoms with Crippen molar-refractivity contribution in [2.45, 2.75) is 12.8 Å². The van der Waals surface area contributed by atoms with Crippen LogP contribution in [0.3, 0.4) is 0 Å². The number of benzene rings is 1. The molecule has 1 aromatic carbocycles. The second kappa shape index (κ2) is 4.97. The van der Waals surface area contributed by atoms with E-state index in [2.05, 4.69) is 22.7 Å². The van der Waals surface area contributed by atoms with Crippen molar-refractivity contribution in [3.8, 4) is 0 Å². The zero-order chi connectivity index (χ0) is 14.4. The summed E-state index contributed by atoms with van der Waals surface area (Å²) in [4.78, 5) is 12.8. The van der Waals surface area contributed by atoms with Crippen LogP contribution in [0.4, 0.5) is 0 Å². The average molecular weight is 317 g/mol. The van der Waals surface area contributed by atoms with Gasteiger partial charge in [0.1, 0.15) is 4.88 Å². The van der Waals surface area contributed by atoms with E-state index in [1.54, 1.807) is 0 Å². The zero-order valence-corrected chi connectivity index (χ0v) is 12.7. The van der Waals surface area contributed by atoms with Crippen molar-refractivity contribution < 1.29 is 4.79 Å². The molecule has 1 heterocycles. The summed E-state index contributed by atoms with van der Waals surface area (Å²) in [6, 6.07) is 7.76. The van der Waals surface area contributed by atoms with Crippen molar-refractivity contribution in [3.63, 3.8) is 0 Å². The lowest BCUT2D eigenvalue weighted by atomic mass is 9.74. The Morgan fingerprint density at radius 3 is 3.05 bits per heavy atom. The Morgan fingerprint density at radius 2 is 2.24 bits per heavy atom. The van der Waals surface area contributed by atoms with Gasteiger partial charge in [0.25, 0.3) is 5.91 Å². The largest absolute Gasteiger partial charge is 0.283 e. The Balaban J connectivity index is 1.54. The summed E-state index contributed by atoms with van der Waals surface area (Å²) in [5.41, 5.74) is 3.76. The highest BCUT2D eigenvalue weighted by atomic mass is 35.5. The monoisotopic (exact) mass is 316 g/mol. The number of nitrogens with one attached hydrogen (secondary N) is 1. The molecule has 3 nitrogen and oxygen atoms in total. The molecular formula is C16H13ClN2OS. The number of nitrogens with zero attached hydrogens (tertiary/aromatic N) is 1. The minimum atomic E-state index is -0.219. The lowest BCUT2D eigenvalue weighted by Crippen LogP contribution is -2.35. The van der Waals surface area contributed by atoms with Gasteiger partial charge >= 0.3 is 0 Å². The molecule has 1 aromatic heterocycles. The highest BCUT2D eigenvalue weighted by Gasteiger charge is 2.38. The molecule has 21 heavy (non-hydrogen) atoms. The van der Waals surface area contributed by atoms with Crippen molar-refractivity contribution >= 4 is 44.6 Å². The first-order valence-electron chi connectivity index (χ1n) is 6.94. The number of fused-ring (bicyclic) bond motifs is 2. The van der Waals surface area contributed by atoms with Gasteiger partial charge in [-0.25, -0.2) is 5.43 Å². The standard InChI is InChI=1S/C16H13ClN2OS/c17-14-11-5-1-2-7-13(11)21-15(14)16(20)19-18-12-8-9-4-3-6-10(9)12/h1-5,7,9-10H,6,8H2,(H,19,20). The van der Waals surface area contributed by atoms with Gasteiger partial charge in [-0.15, -0.1) is 11.3 Å². The van der Waals surface area contributed by atoms with Gasteiger partial charge in [-0.2, -0.15) is 5.10 Å². The van der Waals surface area contributed by atoms with E-state index in [1.165, 1.54) is 11.3 Å². The molecule has 0 aliphatic heterocycles. The SMILES string of the molecule is O=C(NN=C1CC2C=CCC12)c1sc2ccccc2c1Cl. The quantitative estimate of drug-likeness (QED) is 0.653. The van der Waals surface area contributed by atoms with Gasteiger partial charge in [0.2, 0.25) is 0 Å². The molecule has 0 saturated heterocycles. The molecule has 2 unspecified atom stereocenters. The number of halogens is 1. The van der Waals surface area contributed by atoms with Gasteiger partial charge in [-0.3, -0.25) is 4.79 Å². The number of allylic oxidation sites excluding steroid dienone is 2. The van der Waals surface area contributed by atoms with Crippen LogP contribution in [0.5, 0.6) is 0 Å². The summed E-state index contributed by atoms with van der Waals surface area (Å²) in [6.45, 7) is 0. The van der Waals surface area contributed by atoms with E-state index in [0.717, 1.165) is 28.6 Å². The number of thiophene rings is 1. The predicted octanol–water partition coefficient (Wildman–Crippen LogP) is 4.24. The molecule has 0 bridgehead atoms. The molecule has 2 aliphatic carbocycles. The first-order chi connectivity index (χ1) is 10.2. The third kappa shape index (κ3) is 2.10. The van der Waals surface area contributed by atoms with Crippen molar-refractivity contribution in [1.82, 2.24) is 5.43 Å². The molecule has 0 spiro atoms. The number of hydrogen-bond donors (Lipinski definition) is 1. The summed E-state index contributed by atoms with van der Waals surface area (Å²) in [7, 11) is 0. The number of hydrazone groups is 1. The highest BCUT2D eigenvalue weighted by Crippen LogP contribution is 2.40. The van der Waals surface area contributed by atoms with Gasteiger partial charge < -0.3 is 0 Å². The summed E-state index contributed by atoms with van der Waals surface area (Å²) in [6.07, 6.45) is 6.45. The van der Waals surface area contributed by atoms with Crippen LogP contribution in [0.25, 0.3) is 10.1 Å². The maximum Gasteiger partial charge on any atom is 0.283 e. The normalized spacial score (nSPS) is 25.1. The molecular weight excluding hydrogens is 304 g/mol. The first kappa shape index (κ1) is 13.0. The van der Waals surface area contributed by atoms with Gasteiger partial charge in [0.05, 0.1) is 5.02 Å². The molecule has 2 aromatic rings. The lowest BCUT2D eigenvalue weighted by Gasteiger charge is -2.31. The predicted molar refractivity (Wildman–Crippen MR) is 87.1 cm³/mol. The number of carbonyl (C=O) groups is 1. The highest BCUT2D eigenvalue weighted by molar-refractivity contribution is 7.21. The molecule has 1 fully saturated rings. The van der Waals surface area contributed by atoms with Gasteiger partial charge in [-0.1, -0.05) is 42.0 Å². The molecule has 106 valence electrons. The van der Waals surface area contributed by atoms with Crippen LogP contribution < -0.4 is 5.43 Å². The minimum Gasteiger partial charge on any atom is -0.266 e. The van der Waals surface area contributed by atoms with Crippen LogP contribution in [0, 0.1) is 11.8 Å². The van der Waals surface area contributed by atoms with Crippen LogP contribution in [0.1, 0.15) is 22.5 Å². The second-order valence-electron chi connectivity index (χ2n) is 5.42. The van der Waals surface area contributed by atoms with E-state index in [9.17, 15) is 4.79 Å². The Kier molecular flexibility index (Phi) is 3.08. The number of carbonyl (C=O) groups excluding carboxylic acids is 1. The average Bonchev–Trinajstić information content (AvgIpc) is 3.01. The topological polar surface area (TPSA) is 41.5 Å².